The Bertz CT molecular complexity index is 398. The standard InChI is InChI=1S/C11H13F3N2S/c1-16(2)9(10(15)17)7-3-5-8(6-4-7)11(12,13)14/h3-6,9H,1-2H3,(H2,15,17). The van der Waals surface area contributed by atoms with Crippen LogP contribution in [0.3, 0.4) is 0 Å². The zero-order valence-corrected chi connectivity index (χ0v) is 10.3. The van der Waals surface area contributed by atoms with Crippen molar-refractivity contribution in [2.24, 2.45) is 5.73 Å². The van der Waals surface area contributed by atoms with Gasteiger partial charge in [0.2, 0.25) is 0 Å². The first-order valence-electron chi connectivity index (χ1n) is 4.86. The van der Waals surface area contributed by atoms with Crippen molar-refractivity contribution >= 4 is 17.2 Å². The summed E-state index contributed by atoms with van der Waals surface area (Å²) in [5, 5.41) is 0. The summed E-state index contributed by atoms with van der Waals surface area (Å²) in [7, 11) is 3.53. The van der Waals surface area contributed by atoms with Crippen molar-refractivity contribution < 1.29 is 13.2 Å². The molecule has 94 valence electrons. The lowest BCUT2D eigenvalue weighted by Gasteiger charge is -2.23. The van der Waals surface area contributed by atoms with E-state index in [1.807, 2.05) is 0 Å². The highest BCUT2D eigenvalue weighted by Gasteiger charge is 2.30. The van der Waals surface area contributed by atoms with Gasteiger partial charge in [-0.15, -0.1) is 0 Å². The van der Waals surface area contributed by atoms with Crippen molar-refractivity contribution in [2.75, 3.05) is 14.1 Å². The van der Waals surface area contributed by atoms with Gasteiger partial charge in [-0.1, -0.05) is 24.4 Å². The second-order valence-corrected chi connectivity index (χ2v) is 4.36. The summed E-state index contributed by atoms with van der Waals surface area (Å²) < 4.78 is 37.1. The number of halogens is 3. The van der Waals surface area contributed by atoms with E-state index in [4.69, 9.17) is 18.0 Å². The Morgan fingerprint density at radius 3 is 2.00 bits per heavy atom. The molecular weight excluding hydrogens is 249 g/mol. The molecule has 0 amide bonds. The highest BCUT2D eigenvalue weighted by atomic mass is 32.1. The lowest BCUT2D eigenvalue weighted by molar-refractivity contribution is -0.137. The van der Waals surface area contributed by atoms with Crippen LogP contribution in [0, 0.1) is 0 Å². The third-order valence-corrected chi connectivity index (χ3v) is 2.56. The minimum Gasteiger partial charge on any atom is -0.392 e. The molecule has 0 aliphatic carbocycles. The number of rotatable bonds is 3. The fraction of sp³-hybridized carbons (Fsp3) is 0.364. The van der Waals surface area contributed by atoms with E-state index in [-0.39, 0.29) is 11.0 Å². The highest BCUT2D eigenvalue weighted by molar-refractivity contribution is 7.80. The lowest BCUT2D eigenvalue weighted by Crippen LogP contribution is -2.31. The Balaban J connectivity index is 3.05. The minimum absolute atomic E-state index is 0.231. The molecule has 1 atom stereocenters. The van der Waals surface area contributed by atoms with Crippen LogP contribution in [0.4, 0.5) is 13.2 Å². The van der Waals surface area contributed by atoms with E-state index in [2.05, 4.69) is 0 Å². The number of hydrogen-bond acceptors (Lipinski definition) is 2. The van der Waals surface area contributed by atoms with Crippen molar-refractivity contribution in [2.45, 2.75) is 12.2 Å². The monoisotopic (exact) mass is 262 g/mol. The molecule has 2 nitrogen and oxygen atoms in total. The molecule has 0 aliphatic heterocycles. The molecule has 0 radical (unpaired) electrons. The summed E-state index contributed by atoms with van der Waals surface area (Å²) in [6.07, 6.45) is -4.32. The van der Waals surface area contributed by atoms with Crippen LogP contribution >= 0.6 is 12.2 Å². The second-order valence-electron chi connectivity index (χ2n) is 3.89. The van der Waals surface area contributed by atoms with Crippen LogP contribution in [0.5, 0.6) is 0 Å². The topological polar surface area (TPSA) is 29.3 Å². The van der Waals surface area contributed by atoms with Crippen LogP contribution in [-0.2, 0) is 6.18 Å². The van der Waals surface area contributed by atoms with E-state index in [1.165, 1.54) is 12.1 Å². The fourth-order valence-electron chi connectivity index (χ4n) is 1.57. The summed E-state index contributed by atoms with van der Waals surface area (Å²) >= 11 is 4.90. The predicted molar refractivity (Wildman–Crippen MR) is 64.7 cm³/mol. The van der Waals surface area contributed by atoms with Crippen LogP contribution in [-0.4, -0.2) is 24.0 Å². The largest absolute Gasteiger partial charge is 0.416 e. The number of benzene rings is 1. The molecular formula is C11H13F3N2S. The first kappa shape index (κ1) is 13.9. The summed E-state index contributed by atoms with van der Waals surface area (Å²) in [5.41, 5.74) is 5.53. The van der Waals surface area contributed by atoms with Gasteiger partial charge in [0, 0.05) is 0 Å². The quantitative estimate of drug-likeness (QED) is 0.849. The van der Waals surface area contributed by atoms with E-state index in [0.717, 1.165) is 12.1 Å². The molecule has 0 aliphatic rings. The summed E-state index contributed by atoms with van der Waals surface area (Å²) in [6.45, 7) is 0. The molecule has 6 heteroatoms. The van der Waals surface area contributed by atoms with E-state index < -0.39 is 11.7 Å². The van der Waals surface area contributed by atoms with Gasteiger partial charge in [0.1, 0.15) is 0 Å². The molecule has 0 saturated carbocycles. The number of nitrogens with two attached hydrogens (primary N) is 1. The normalized spacial score (nSPS) is 13.8. The molecule has 2 N–H and O–H groups in total. The Morgan fingerprint density at radius 2 is 1.71 bits per heavy atom. The molecule has 0 aromatic heterocycles. The Morgan fingerprint density at radius 1 is 1.24 bits per heavy atom. The first-order valence-corrected chi connectivity index (χ1v) is 5.27. The van der Waals surface area contributed by atoms with Crippen LogP contribution in [0.1, 0.15) is 17.2 Å². The van der Waals surface area contributed by atoms with Gasteiger partial charge < -0.3 is 5.73 Å². The molecule has 0 heterocycles. The molecule has 1 unspecified atom stereocenters. The minimum atomic E-state index is -4.32. The average molecular weight is 262 g/mol. The third-order valence-electron chi connectivity index (χ3n) is 2.34. The Hall–Kier alpha value is -1.14. The molecule has 0 fully saturated rings. The third kappa shape index (κ3) is 3.41. The van der Waals surface area contributed by atoms with Crippen LogP contribution in [0.2, 0.25) is 0 Å². The molecule has 0 saturated heterocycles. The van der Waals surface area contributed by atoms with Crippen LogP contribution in [0.15, 0.2) is 24.3 Å². The van der Waals surface area contributed by atoms with Gasteiger partial charge in [0.25, 0.3) is 0 Å². The van der Waals surface area contributed by atoms with Crippen molar-refractivity contribution in [3.8, 4) is 0 Å². The number of alkyl halides is 3. The zero-order chi connectivity index (χ0) is 13.2. The second kappa shape index (κ2) is 5.01. The van der Waals surface area contributed by atoms with E-state index in [0.29, 0.717) is 5.56 Å². The lowest BCUT2D eigenvalue weighted by atomic mass is 10.0. The Labute approximate surface area is 103 Å². The van der Waals surface area contributed by atoms with Gasteiger partial charge >= 0.3 is 6.18 Å². The van der Waals surface area contributed by atoms with Crippen molar-refractivity contribution in [1.29, 1.82) is 0 Å². The SMILES string of the molecule is CN(C)C(C(N)=S)c1ccc(C(F)(F)F)cc1. The van der Waals surface area contributed by atoms with Gasteiger partial charge in [0.15, 0.2) is 0 Å². The first-order chi connectivity index (χ1) is 7.73. The van der Waals surface area contributed by atoms with Crippen molar-refractivity contribution in [1.82, 2.24) is 4.90 Å². The van der Waals surface area contributed by atoms with Gasteiger partial charge in [-0.3, -0.25) is 4.90 Å². The average Bonchev–Trinajstić information content (AvgIpc) is 2.15. The Kier molecular flexibility index (Phi) is 4.11. The smallest absolute Gasteiger partial charge is 0.392 e. The molecule has 1 aromatic rings. The van der Waals surface area contributed by atoms with Gasteiger partial charge in [-0.05, 0) is 31.8 Å². The summed E-state index contributed by atoms with van der Waals surface area (Å²) in [6, 6.07) is 4.50. The highest BCUT2D eigenvalue weighted by Crippen LogP contribution is 2.30. The maximum atomic E-state index is 12.4. The molecule has 17 heavy (non-hydrogen) atoms. The van der Waals surface area contributed by atoms with Crippen LogP contribution in [0.25, 0.3) is 0 Å². The number of hydrogen-bond donors (Lipinski definition) is 1. The van der Waals surface area contributed by atoms with Gasteiger partial charge in [-0.25, -0.2) is 0 Å². The van der Waals surface area contributed by atoms with Crippen molar-refractivity contribution in [3.63, 3.8) is 0 Å². The fourth-order valence-corrected chi connectivity index (χ4v) is 1.92. The number of nitrogens with zero attached hydrogens (tertiary/aromatic N) is 1. The van der Waals surface area contributed by atoms with E-state index in [1.54, 1.807) is 19.0 Å². The molecule has 0 spiro atoms. The predicted octanol–water partition coefficient (Wildman–Crippen LogP) is 2.59. The maximum absolute atomic E-state index is 12.4. The van der Waals surface area contributed by atoms with E-state index >= 15 is 0 Å². The van der Waals surface area contributed by atoms with Crippen LogP contribution < -0.4 is 5.73 Å². The zero-order valence-electron chi connectivity index (χ0n) is 9.45. The summed E-state index contributed by atoms with van der Waals surface area (Å²) in [4.78, 5) is 1.99. The molecule has 1 aromatic carbocycles. The number of likely N-dealkylation sites (N-methyl/N-ethyl adjacent to an activating group) is 1. The van der Waals surface area contributed by atoms with E-state index in [9.17, 15) is 13.2 Å². The van der Waals surface area contributed by atoms with Gasteiger partial charge in [0.05, 0.1) is 16.6 Å². The van der Waals surface area contributed by atoms with Gasteiger partial charge in [-0.2, -0.15) is 13.2 Å². The maximum Gasteiger partial charge on any atom is 0.416 e. The molecule has 1 rings (SSSR count). The summed E-state index contributed by atoms with van der Waals surface area (Å²) in [5.74, 6) is 0. The van der Waals surface area contributed by atoms with Crippen molar-refractivity contribution in [3.05, 3.63) is 35.4 Å². The molecule has 0 bridgehead atoms. The number of thiocarbonyl (C=S) groups is 1.